The highest BCUT2D eigenvalue weighted by atomic mass is 19.4. The number of alkyl halides is 3. The smallest absolute Gasteiger partial charge is 0.417 e. The van der Waals surface area contributed by atoms with Crippen LogP contribution in [0.25, 0.3) is 0 Å². The van der Waals surface area contributed by atoms with Crippen molar-refractivity contribution in [1.29, 1.82) is 0 Å². The average molecular weight is 342 g/mol. The summed E-state index contributed by atoms with van der Waals surface area (Å²) in [5.74, 6) is -3.24. The Morgan fingerprint density at radius 2 is 2.00 bits per heavy atom. The van der Waals surface area contributed by atoms with Gasteiger partial charge in [0.25, 0.3) is 0 Å². The summed E-state index contributed by atoms with van der Waals surface area (Å²) in [7, 11) is 1.29. The normalized spacial score (nSPS) is 23.9. The number of aliphatic carboxylic acids is 1. The van der Waals surface area contributed by atoms with Gasteiger partial charge in [-0.2, -0.15) is 17.6 Å². The monoisotopic (exact) mass is 342 g/mol. The molecule has 1 aliphatic rings. The molecule has 0 amide bonds. The molecule has 4 nitrogen and oxygen atoms in total. The number of carboxylic acids is 1. The van der Waals surface area contributed by atoms with Gasteiger partial charge in [-0.1, -0.05) is 6.07 Å². The maximum atomic E-state index is 12.5. The molecule has 0 aromatic heterocycles. The molecule has 0 aliphatic carbocycles. The van der Waals surface area contributed by atoms with Gasteiger partial charge in [0.05, 0.1) is 7.11 Å². The fourth-order valence-electron chi connectivity index (χ4n) is 1.86. The van der Waals surface area contributed by atoms with Crippen LogP contribution in [-0.2, 0) is 9.53 Å². The van der Waals surface area contributed by atoms with E-state index in [9.17, 15) is 26.7 Å². The van der Waals surface area contributed by atoms with Crippen LogP contribution in [-0.4, -0.2) is 36.1 Å². The van der Waals surface area contributed by atoms with Crippen molar-refractivity contribution in [2.75, 3.05) is 7.11 Å². The molecule has 2 atom stereocenters. The molecular formula is C14H15F5O4. The van der Waals surface area contributed by atoms with Crippen molar-refractivity contribution in [3.05, 3.63) is 29.8 Å². The van der Waals surface area contributed by atoms with Crippen molar-refractivity contribution in [2.45, 2.75) is 37.6 Å². The number of ether oxygens (including phenoxy) is 2. The third kappa shape index (κ3) is 4.54. The fourth-order valence-corrected chi connectivity index (χ4v) is 1.86. The molecule has 1 N–H and O–H groups in total. The first-order valence-corrected chi connectivity index (χ1v) is 6.47. The second kappa shape index (κ2) is 7.12. The summed E-state index contributed by atoms with van der Waals surface area (Å²) in [5.41, 5.74) is -2.30. The maximum absolute atomic E-state index is 12.5. The van der Waals surface area contributed by atoms with Crippen LogP contribution in [0.5, 0.6) is 5.75 Å². The van der Waals surface area contributed by atoms with Gasteiger partial charge in [0.2, 0.25) is 5.82 Å². The van der Waals surface area contributed by atoms with E-state index in [4.69, 9.17) is 5.11 Å². The van der Waals surface area contributed by atoms with Gasteiger partial charge >= 0.3 is 12.1 Å². The quantitative estimate of drug-likeness (QED) is 0.835. The molecule has 130 valence electrons. The first-order valence-electron chi connectivity index (χ1n) is 6.47. The van der Waals surface area contributed by atoms with Crippen LogP contribution >= 0.6 is 0 Å². The molecule has 1 aliphatic heterocycles. The van der Waals surface area contributed by atoms with Crippen molar-refractivity contribution in [3.63, 3.8) is 0 Å². The molecule has 1 fully saturated rings. The number of hydrogen-bond acceptors (Lipinski definition) is 3. The van der Waals surface area contributed by atoms with E-state index in [2.05, 4.69) is 9.47 Å². The highest BCUT2D eigenvalue weighted by molar-refractivity contribution is 5.72. The molecule has 2 unspecified atom stereocenters. The summed E-state index contributed by atoms with van der Waals surface area (Å²) in [5, 5.41) is 8.42. The van der Waals surface area contributed by atoms with Gasteiger partial charge in [-0.15, -0.1) is 0 Å². The maximum Gasteiger partial charge on any atom is 0.417 e. The molecule has 1 aromatic carbocycles. The van der Waals surface area contributed by atoms with Crippen LogP contribution < -0.4 is 4.74 Å². The summed E-state index contributed by atoms with van der Waals surface area (Å²) < 4.78 is 70.6. The van der Waals surface area contributed by atoms with Crippen LogP contribution in [0.15, 0.2) is 18.2 Å². The minimum atomic E-state index is -4.50. The van der Waals surface area contributed by atoms with E-state index in [1.54, 1.807) is 0 Å². The molecule has 9 heteroatoms. The lowest BCUT2D eigenvalue weighted by atomic mass is 10.0. The second-order valence-corrected chi connectivity index (χ2v) is 4.97. The zero-order valence-corrected chi connectivity index (χ0v) is 12.3. The minimum Gasteiger partial charge on any atom is -0.494 e. The average Bonchev–Trinajstić information content (AvgIpc) is 2.86. The molecule has 1 aromatic rings. The molecule has 0 radical (unpaired) electrons. The van der Waals surface area contributed by atoms with E-state index < -0.39 is 35.5 Å². The molecule has 0 spiro atoms. The van der Waals surface area contributed by atoms with Gasteiger partial charge in [-0.05, 0) is 31.9 Å². The Balaban J connectivity index is 0.000000238. The van der Waals surface area contributed by atoms with Gasteiger partial charge in [0.15, 0.2) is 23.3 Å². The highest BCUT2D eigenvalue weighted by Gasteiger charge is 2.57. The van der Waals surface area contributed by atoms with Gasteiger partial charge < -0.3 is 14.6 Å². The lowest BCUT2D eigenvalue weighted by molar-refractivity contribution is -0.263. The number of rotatable bonds is 2. The van der Waals surface area contributed by atoms with Crippen LogP contribution in [0.4, 0.5) is 22.0 Å². The standard InChI is InChI=1S/C7H9F3O3.C7H6F2O/c1-6(7(8,9)10)3-2-4(13-6)5(11)12;1-10-6-4-2-3-5(8)7(6)9/h4H,2-3H2,1H3,(H,11,12);2-4H,1H3. The Morgan fingerprint density at radius 3 is 2.35 bits per heavy atom. The van der Waals surface area contributed by atoms with E-state index in [-0.39, 0.29) is 18.6 Å². The molecule has 1 heterocycles. The number of carboxylic acid groups (broad SMARTS) is 1. The van der Waals surface area contributed by atoms with Crippen molar-refractivity contribution in [2.24, 2.45) is 0 Å². The van der Waals surface area contributed by atoms with E-state index in [1.165, 1.54) is 19.2 Å². The minimum absolute atomic E-state index is 0.0694. The Morgan fingerprint density at radius 1 is 1.39 bits per heavy atom. The SMILES string of the molecule is CC1(C(F)(F)F)CCC(C(=O)O)O1.COc1cccc(F)c1F. The molecule has 0 bridgehead atoms. The Labute approximate surface area is 128 Å². The third-order valence-electron chi connectivity index (χ3n) is 3.30. The first kappa shape index (κ1) is 19.1. The number of hydrogen-bond donors (Lipinski definition) is 1. The number of methoxy groups -OCH3 is 1. The van der Waals surface area contributed by atoms with Crippen LogP contribution in [0.3, 0.4) is 0 Å². The zero-order valence-electron chi connectivity index (χ0n) is 12.3. The molecule has 23 heavy (non-hydrogen) atoms. The van der Waals surface area contributed by atoms with Crippen molar-refractivity contribution >= 4 is 5.97 Å². The van der Waals surface area contributed by atoms with Crippen LogP contribution in [0.2, 0.25) is 0 Å². The summed E-state index contributed by atoms with van der Waals surface area (Å²) in [6.07, 6.45) is -6.22. The predicted octanol–water partition coefficient (Wildman–Crippen LogP) is 3.54. The van der Waals surface area contributed by atoms with Crippen molar-refractivity contribution in [3.8, 4) is 5.75 Å². The van der Waals surface area contributed by atoms with E-state index >= 15 is 0 Å². The summed E-state index contributed by atoms with van der Waals surface area (Å²) in [6.45, 7) is 0.871. The van der Waals surface area contributed by atoms with Crippen molar-refractivity contribution in [1.82, 2.24) is 0 Å². The first-order chi connectivity index (χ1) is 10.5. The topological polar surface area (TPSA) is 55.8 Å². The van der Waals surface area contributed by atoms with Gasteiger partial charge in [0, 0.05) is 0 Å². The molecule has 0 saturated carbocycles. The zero-order chi connectivity index (χ0) is 17.8. The van der Waals surface area contributed by atoms with Gasteiger partial charge in [-0.25, -0.2) is 9.18 Å². The number of benzene rings is 1. The lowest BCUT2D eigenvalue weighted by Gasteiger charge is -2.26. The summed E-state index contributed by atoms with van der Waals surface area (Å²) in [4.78, 5) is 10.3. The lowest BCUT2D eigenvalue weighted by Crippen LogP contribution is -2.42. The number of halogens is 5. The second-order valence-electron chi connectivity index (χ2n) is 4.97. The highest BCUT2D eigenvalue weighted by Crippen LogP contribution is 2.42. The largest absolute Gasteiger partial charge is 0.494 e. The Bertz CT molecular complexity index is 561. The molecule has 1 saturated heterocycles. The fraction of sp³-hybridized carbons (Fsp3) is 0.500. The Kier molecular flexibility index (Phi) is 5.92. The predicted molar refractivity (Wildman–Crippen MR) is 69.1 cm³/mol. The summed E-state index contributed by atoms with van der Waals surface area (Å²) >= 11 is 0. The van der Waals surface area contributed by atoms with Gasteiger partial charge in [0.1, 0.15) is 0 Å². The van der Waals surface area contributed by atoms with E-state index in [0.29, 0.717) is 0 Å². The van der Waals surface area contributed by atoms with Crippen LogP contribution in [0.1, 0.15) is 19.8 Å². The van der Waals surface area contributed by atoms with E-state index in [1.807, 2.05) is 0 Å². The van der Waals surface area contributed by atoms with Gasteiger partial charge in [-0.3, -0.25) is 0 Å². The Hall–Kier alpha value is -1.90. The molecule has 2 rings (SSSR count). The van der Waals surface area contributed by atoms with Crippen molar-refractivity contribution < 1.29 is 41.3 Å². The van der Waals surface area contributed by atoms with Crippen LogP contribution in [0, 0.1) is 11.6 Å². The molecular weight excluding hydrogens is 327 g/mol. The number of carbonyl (C=O) groups is 1. The summed E-state index contributed by atoms with van der Waals surface area (Å²) in [6, 6.07) is 3.79. The third-order valence-corrected chi connectivity index (χ3v) is 3.30. The van der Waals surface area contributed by atoms with E-state index in [0.717, 1.165) is 13.0 Å².